The first kappa shape index (κ1) is 30.0. The summed E-state index contributed by atoms with van der Waals surface area (Å²) in [6.45, 7) is -1.09. The highest BCUT2D eigenvalue weighted by Crippen LogP contribution is 2.35. The monoisotopic (exact) mass is 550 g/mol. The van der Waals surface area contributed by atoms with Crippen LogP contribution in [0.5, 0.6) is 0 Å². The van der Waals surface area contributed by atoms with Crippen molar-refractivity contribution in [2.75, 3.05) is 20.3 Å². The van der Waals surface area contributed by atoms with Crippen LogP contribution in [0.2, 0.25) is 0 Å². The number of rotatable bonds is 10. The van der Waals surface area contributed by atoms with Gasteiger partial charge in [-0.05, 0) is 17.7 Å². The third-order valence-electron chi connectivity index (χ3n) is 6.08. The Labute approximate surface area is 223 Å². The molecule has 0 amide bonds. The number of carboxylic acid groups (broad SMARTS) is 1. The van der Waals surface area contributed by atoms with E-state index in [4.69, 9.17) is 18.9 Å². The van der Waals surface area contributed by atoms with E-state index in [1.165, 1.54) is 18.2 Å². The van der Waals surface area contributed by atoms with Gasteiger partial charge < -0.3 is 49.2 Å². The van der Waals surface area contributed by atoms with Gasteiger partial charge >= 0.3 is 17.9 Å². The van der Waals surface area contributed by atoms with Gasteiger partial charge in [0.25, 0.3) is 0 Å². The molecule has 13 nitrogen and oxygen atoms in total. The normalized spacial score (nSPS) is 29.9. The summed E-state index contributed by atoms with van der Waals surface area (Å²) < 4.78 is 26.3. The molecule has 0 radical (unpaired) electrons. The SMILES string of the molecule is COC(=O)C[C@@H]1C(C(=O)O)=CO[C@@H](O[C@@H]2O[C@H](CO)[C@@H](O)[C@H](O)[C@H]2O)/C1=C\COC(=O)/C=C\c1ccccc1. The lowest BCUT2D eigenvalue weighted by Crippen LogP contribution is -2.60. The zero-order chi connectivity index (χ0) is 28.5. The minimum Gasteiger partial charge on any atom is -0.478 e. The lowest BCUT2D eigenvalue weighted by molar-refractivity contribution is -0.327. The van der Waals surface area contributed by atoms with Gasteiger partial charge in [-0.1, -0.05) is 30.3 Å². The molecule has 0 saturated carbocycles. The molecule has 39 heavy (non-hydrogen) atoms. The van der Waals surface area contributed by atoms with E-state index in [0.29, 0.717) is 0 Å². The summed E-state index contributed by atoms with van der Waals surface area (Å²) in [5.74, 6) is -4.02. The largest absolute Gasteiger partial charge is 0.478 e. The van der Waals surface area contributed by atoms with E-state index in [-0.39, 0.29) is 17.8 Å². The standard InChI is InChI=1S/C26H30O13/c1-35-20(29)11-16-15(9-10-36-19(28)8-7-14-5-3-2-4-6-14)25(37-13-17(16)24(33)34)39-26-23(32)22(31)21(30)18(12-27)38-26/h2-9,13,16,18,21-23,25-27,30-32H,10-12H2,1H3,(H,33,34)/b8-7-,15-9-/t16-,18+,21+,22-,23+,25-,26-/m0/s1. The smallest absolute Gasteiger partial charge is 0.335 e. The van der Waals surface area contributed by atoms with Gasteiger partial charge in [0.1, 0.15) is 31.0 Å². The Morgan fingerprint density at radius 3 is 2.41 bits per heavy atom. The molecule has 2 heterocycles. The summed E-state index contributed by atoms with van der Waals surface area (Å²) in [6.07, 6.45) is -5.13. The van der Waals surface area contributed by atoms with Crippen LogP contribution < -0.4 is 0 Å². The number of esters is 2. The van der Waals surface area contributed by atoms with Gasteiger partial charge in [0, 0.05) is 17.6 Å². The second kappa shape index (κ2) is 14.0. The highest BCUT2D eigenvalue weighted by atomic mass is 16.8. The summed E-state index contributed by atoms with van der Waals surface area (Å²) in [5.41, 5.74) is 0.462. The number of ether oxygens (including phenoxy) is 5. The molecule has 13 heteroatoms. The molecule has 0 bridgehead atoms. The van der Waals surface area contributed by atoms with Crippen molar-refractivity contribution in [3.8, 4) is 0 Å². The van der Waals surface area contributed by atoms with Gasteiger partial charge in [-0.25, -0.2) is 9.59 Å². The summed E-state index contributed by atoms with van der Waals surface area (Å²) >= 11 is 0. The fourth-order valence-corrected chi connectivity index (χ4v) is 3.96. The van der Waals surface area contributed by atoms with Crippen LogP contribution in [-0.2, 0) is 38.1 Å². The lowest BCUT2D eigenvalue weighted by atomic mass is 9.86. The van der Waals surface area contributed by atoms with Crippen LogP contribution in [0.15, 0.2) is 59.9 Å². The number of hydrogen-bond acceptors (Lipinski definition) is 12. The highest BCUT2D eigenvalue weighted by molar-refractivity contribution is 5.89. The summed E-state index contributed by atoms with van der Waals surface area (Å²) in [7, 11) is 1.12. The number of carbonyl (C=O) groups is 3. The third kappa shape index (κ3) is 7.72. The van der Waals surface area contributed by atoms with Gasteiger partial charge in [-0.15, -0.1) is 0 Å². The molecule has 0 aliphatic carbocycles. The van der Waals surface area contributed by atoms with Crippen LogP contribution in [0.25, 0.3) is 6.08 Å². The fourth-order valence-electron chi connectivity index (χ4n) is 3.96. The summed E-state index contributed by atoms with van der Waals surface area (Å²) in [5, 5.41) is 49.5. The van der Waals surface area contributed by atoms with E-state index < -0.39 is 73.8 Å². The minimum absolute atomic E-state index is 0.0251. The number of carboxylic acids is 1. The van der Waals surface area contributed by atoms with Gasteiger partial charge in [0.2, 0.25) is 6.29 Å². The minimum atomic E-state index is -1.78. The van der Waals surface area contributed by atoms with E-state index in [1.54, 1.807) is 24.3 Å². The molecule has 2 aliphatic rings. The molecular formula is C26H30O13. The Hall–Kier alpha value is -3.59. The maximum absolute atomic E-state index is 12.2. The first-order chi connectivity index (χ1) is 18.7. The Kier molecular flexibility index (Phi) is 10.7. The summed E-state index contributed by atoms with van der Waals surface area (Å²) in [6, 6.07) is 8.97. The van der Waals surface area contributed by atoms with Gasteiger partial charge in [-0.2, -0.15) is 0 Å². The molecule has 0 unspecified atom stereocenters. The van der Waals surface area contributed by atoms with Crippen molar-refractivity contribution >= 4 is 24.0 Å². The van der Waals surface area contributed by atoms with Crippen LogP contribution >= 0.6 is 0 Å². The zero-order valence-electron chi connectivity index (χ0n) is 20.9. The van der Waals surface area contributed by atoms with Crippen molar-refractivity contribution in [1.29, 1.82) is 0 Å². The van der Waals surface area contributed by atoms with Gasteiger partial charge in [-0.3, -0.25) is 4.79 Å². The Morgan fingerprint density at radius 1 is 1.05 bits per heavy atom. The molecule has 1 fully saturated rings. The number of hydrogen-bond donors (Lipinski definition) is 5. The Bertz CT molecular complexity index is 1090. The molecule has 212 valence electrons. The van der Waals surface area contributed by atoms with E-state index in [1.807, 2.05) is 6.07 Å². The number of benzene rings is 1. The van der Waals surface area contributed by atoms with Crippen LogP contribution in [0, 0.1) is 5.92 Å². The average molecular weight is 551 g/mol. The van der Waals surface area contributed by atoms with E-state index in [2.05, 4.69) is 4.74 Å². The Balaban J connectivity index is 1.84. The predicted octanol–water partition coefficient (Wildman–Crippen LogP) is -0.510. The van der Waals surface area contributed by atoms with Crippen LogP contribution in [-0.4, -0.2) is 101 Å². The van der Waals surface area contributed by atoms with Gasteiger partial charge in [0.15, 0.2) is 6.29 Å². The number of aliphatic carboxylic acids is 1. The van der Waals surface area contributed by atoms with E-state index in [9.17, 15) is 39.9 Å². The maximum atomic E-state index is 12.2. The topological polar surface area (TPSA) is 199 Å². The number of carbonyl (C=O) groups excluding carboxylic acids is 2. The maximum Gasteiger partial charge on any atom is 0.335 e. The van der Waals surface area contributed by atoms with Crippen molar-refractivity contribution in [1.82, 2.24) is 0 Å². The van der Waals surface area contributed by atoms with Gasteiger partial charge in [0.05, 0.1) is 32.0 Å². The first-order valence-corrected chi connectivity index (χ1v) is 11.9. The molecule has 1 aromatic rings. The fraction of sp³-hybridized carbons (Fsp3) is 0.423. The van der Waals surface area contributed by atoms with E-state index in [0.717, 1.165) is 18.9 Å². The lowest BCUT2D eigenvalue weighted by Gasteiger charge is -2.41. The van der Waals surface area contributed by atoms with Crippen LogP contribution in [0.1, 0.15) is 12.0 Å². The summed E-state index contributed by atoms with van der Waals surface area (Å²) in [4.78, 5) is 36.2. The van der Waals surface area contributed by atoms with Crippen molar-refractivity contribution in [3.05, 3.63) is 65.5 Å². The molecule has 0 aromatic heterocycles. The average Bonchev–Trinajstić information content (AvgIpc) is 2.93. The second-order valence-electron chi connectivity index (χ2n) is 8.59. The van der Waals surface area contributed by atoms with Crippen LogP contribution in [0.3, 0.4) is 0 Å². The number of aliphatic hydroxyl groups is 4. The second-order valence-corrected chi connectivity index (χ2v) is 8.59. The predicted molar refractivity (Wildman–Crippen MR) is 130 cm³/mol. The highest BCUT2D eigenvalue weighted by Gasteiger charge is 2.46. The van der Waals surface area contributed by atoms with Crippen molar-refractivity contribution in [2.24, 2.45) is 5.92 Å². The molecule has 5 N–H and O–H groups in total. The first-order valence-electron chi connectivity index (χ1n) is 11.9. The van der Waals surface area contributed by atoms with E-state index >= 15 is 0 Å². The van der Waals surface area contributed by atoms with Crippen LogP contribution in [0.4, 0.5) is 0 Å². The number of methoxy groups -OCH3 is 1. The molecule has 7 atom stereocenters. The molecular weight excluding hydrogens is 520 g/mol. The molecule has 1 aromatic carbocycles. The molecule has 1 saturated heterocycles. The zero-order valence-corrected chi connectivity index (χ0v) is 20.9. The molecule has 3 rings (SSSR count). The number of aliphatic hydroxyl groups excluding tert-OH is 4. The Morgan fingerprint density at radius 2 is 1.77 bits per heavy atom. The third-order valence-corrected chi connectivity index (χ3v) is 6.08. The van der Waals surface area contributed by atoms with Crippen molar-refractivity contribution in [3.63, 3.8) is 0 Å². The van der Waals surface area contributed by atoms with Crippen molar-refractivity contribution < 1.29 is 63.6 Å². The molecule has 2 aliphatic heterocycles. The quantitative estimate of drug-likeness (QED) is 0.142. The van der Waals surface area contributed by atoms with Crippen molar-refractivity contribution in [2.45, 2.75) is 43.4 Å². The molecule has 0 spiro atoms.